The molecule has 0 spiro atoms. The van der Waals surface area contributed by atoms with E-state index < -0.39 is 0 Å². The van der Waals surface area contributed by atoms with Gasteiger partial charge in [-0.1, -0.05) is 20.8 Å². The predicted molar refractivity (Wildman–Crippen MR) is 121 cm³/mol. The van der Waals surface area contributed by atoms with Gasteiger partial charge < -0.3 is 19.5 Å². The third-order valence-electron chi connectivity index (χ3n) is 8.76. The van der Waals surface area contributed by atoms with Crippen LogP contribution in [0.1, 0.15) is 46.5 Å². The number of ether oxygens (including phenoxy) is 2. The molecule has 0 amide bonds. The van der Waals surface area contributed by atoms with E-state index in [-0.39, 0.29) is 6.10 Å². The van der Waals surface area contributed by atoms with Crippen molar-refractivity contribution in [2.75, 3.05) is 51.3 Å². The molecule has 30 heavy (non-hydrogen) atoms. The van der Waals surface area contributed by atoms with Crippen molar-refractivity contribution in [3.8, 4) is 5.75 Å². The lowest BCUT2D eigenvalue weighted by Crippen LogP contribution is -2.48. The maximum Gasteiger partial charge on any atom is 0.119 e. The van der Waals surface area contributed by atoms with Gasteiger partial charge in [0.1, 0.15) is 5.75 Å². The number of benzene rings is 1. The number of aliphatic hydroxyl groups excluding tert-OH is 1. The molecule has 1 saturated heterocycles. The summed E-state index contributed by atoms with van der Waals surface area (Å²) in [6, 6.07) is 8.28. The summed E-state index contributed by atoms with van der Waals surface area (Å²) in [5.41, 5.74) is 1.94. The number of hydrogen-bond acceptors (Lipinski definition) is 5. The number of anilines is 1. The molecular formula is C25H40N2O3. The SMILES string of the molecule is COc1ccc(N2CCN(C[C@H](O)CCO[C@H]3C[C@H]4CC[C@@]3(C)C4(C)C)CC2)cc1. The van der Waals surface area contributed by atoms with Gasteiger partial charge >= 0.3 is 0 Å². The Morgan fingerprint density at radius 2 is 1.80 bits per heavy atom. The normalized spacial score (nSPS) is 31.8. The standard InChI is InChI=1S/C25H40N2O3/c1-24(2)19-9-11-25(24,3)23(17-19)30-16-10-21(28)18-26-12-14-27(15-13-26)20-5-7-22(29-4)8-6-20/h5-8,19,21,23,28H,9-18H2,1-4H3/t19-,21-,23+,25-/m1/s1. The molecule has 0 radical (unpaired) electrons. The van der Waals surface area contributed by atoms with Gasteiger partial charge in [0.2, 0.25) is 0 Å². The van der Waals surface area contributed by atoms with Crippen LogP contribution in [0.5, 0.6) is 5.75 Å². The van der Waals surface area contributed by atoms with Crippen LogP contribution in [-0.2, 0) is 4.74 Å². The van der Waals surface area contributed by atoms with Crippen LogP contribution in [0.15, 0.2) is 24.3 Å². The van der Waals surface area contributed by atoms with Gasteiger partial charge in [-0.25, -0.2) is 0 Å². The molecule has 3 fully saturated rings. The summed E-state index contributed by atoms with van der Waals surface area (Å²) < 4.78 is 11.6. The molecule has 168 valence electrons. The summed E-state index contributed by atoms with van der Waals surface area (Å²) in [5, 5.41) is 10.6. The van der Waals surface area contributed by atoms with Gasteiger partial charge in [0.25, 0.3) is 0 Å². The number of fused-ring (bicyclic) bond motifs is 2. The molecule has 0 unspecified atom stereocenters. The molecule has 1 aliphatic heterocycles. The summed E-state index contributed by atoms with van der Waals surface area (Å²) >= 11 is 0. The van der Waals surface area contributed by atoms with Crippen molar-refractivity contribution < 1.29 is 14.6 Å². The van der Waals surface area contributed by atoms with Crippen LogP contribution in [0.2, 0.25) is 0 Å². The van der Waals surface area contributed by atoms with Crippen molar-refractivity contribution in [2.24, 2.45) is 16.7 Å². The molecule has 2 saturated carbocycles. The second-order valence-corrected chi connectivity index (χ2v) is 10.4. The minimum atomic E-state index is -0.308. The Labute approximate surface area is 182 Å². The third kappa shape index (κ3) is 4.09. The Morgan fingerprint density at radius 1 is 1.10 bits per heavy atom. The average molecular weight is 417 g/mol. The molecule has 0 aromatic heterocycles. The quantitative estimate of drug-likeness (QED) is 0.698. The first-order valence-electron chi connectivity index (χ1n) is 11.7. The third-order valence-corrected chi connectivity index (χ3v) is 8.76. The minimum absolute atomic E-state index is 0.306. The van der Waals surface area contributed by atoms with Gasteiger partial charge in [-0.2, -0.15) is 0 Å². The maximum absolute atomic E-state index is 10.6. The Balaban J connectivity index is 1.16. The molecule has 5 nitrogen and oxygen atoms in total. The van der Waals surface area contributed by atoms with Gasteiger partial charge in [0, 0.05) is 45.0 Å². The van der Waals surface area contributed by atoms with E-state index in [0.717, 1.165) is 50.8 Å². The highest BCUT2D eigenvalue weighted by molar-refractivity contribution is 5.49. The predicted octanol–water partition coefficient (Wildman–Crippen LogP) is 3.80. The second kappa shape index (κ2) is 8.68. The lowest BCUT2D eigenvalue weighted by atomic mass is 9.70. The van der Waals surface area contributed by atoms with Crippen LogP contribution in [-0.4, -0.2) is 68.7 Å². The Bertz CT molecular complexity index is 699. The van der Waals surface area contributed by atoms with Gasteiger partial charge in [-0.15, -0.1) is 0 Å². The van der Waals surface area contributed by atoms with Gasteiger partial charge in [-0.3, -0.25) is 4.90 Å². The molecule has 1 aromatic carbocycles. The van der Waals surface area contributed by atoms with Crippen molar-refractivity contribution in [1.29, 1.82) is 0 Å². The zero-order valence-corrected chi connectivity index (χ0v) is 19.3. The molecule has 2 bridgehead atoms. The first kappa shape index (κ1) is 21.9. The average Bonchev–Trinajstić information content (AvgIpc) is 3.08. The van der Waals surface area contributed by atoms with Gasteiger partial charge in [-0.05, 0) is 66.7 Å². The summed E-state index contributed by atoms with van der Waals surface area (Å²) in [5.74, 6) is 1.70. The molecular weight excluding hydrogens is 376 g/mol. The van der Waals surface area contributed by atoms with E-state index in [1.165, 1.54) is 24.9 Å². The smallest absolute Gasteiger partial charge is 0.119 e. The number of rotatable bonds is 8. The number of aliphatic hydroxyl groups is 1. The highest BCUT2D eigenvalue weighted by Gasteiger charge is 2.61. The van der Waals surface area contributed by atoms with Crippen LogP contribution in [0, 0.1) is 16.7 Å². The van der Waals surface area contributed by atoms with Crippen molar-refractivity contribution in [1.82, 2.24) is 4.90 Å². The maximum atomic E-state index is 10.6. The van der Waals surface area contributed by atoms with E-state index in [1.807, 2.05) is 12.1 Å². The van der Waals surface area contributed by atoms with Crippen LogP contribution in [0.3, 0.4) is 0 Å². The Morgan fingerprint density at radius 3 is 2.37 bits per heavy atom. The van der Waals surface area contributed by atoms with E-state index in [9.17, 15) is 5.11 Å². The Hall–Kier alpha value is -1.30. The van der Waals surface area contributed by atoms with E-state index in [2.05, 4.69) is 42.7 Å². The first-order chi connectivity index (χ1) is 14.3. The lowest BCUT2D eigenvalue weighted by Gasteiger charge is -2.39. The summed E-state index contributed by atoms with van der Waals surface area (Å²) in [4.78, 5) is 4.79. The monoisotopic (exact) mass is 416 g/mol. The van der Waals surface area contributed by atoms with Crippen molar-refractivity contribution >= 4 is 5.69 Å². The number of nitrogens with zero attached hydrogens (tertiary/aromatic N) is 2. The topological polar surface area (TPSA) is 45.2 Å². The van der Waals surface area contributed by atoms with Crippen LogP contribution in [0.4, 0.5) is 5.69 Å². The first-order valence-corrected chi connectivity index (χ1v) is 11.7. The van der Waals surface area contributed by atoms with Crippen molar-refractivity contribution in [3.63, 3.8) is 0 Å². The number of hydrogen-bond donors (Lipinski definition) is 1. The van der Waals surface area contributed by atoms with Crippen LogP contribution >= 0.6 is 0 Å². The zero-order chi connectivity index (χ0) is 21.4. The second-order valence-electron chi connectivity index (χ2n) is 10.4. The Kier molecular flexibility index (Phi) is 6.34. The van der Waals surface area contributed by atoms with Gasteiger partial charge in [0.15, 0.2) is 0 Å². The fraction of sp³-hybridized carbons (Fsp3) is 0.760. The number of β-amino-alcohol motifs (C(OH)–C–C–N with tert-alkyl or cyclic N) is 1. The summed E-state index contributed by atoms with van der Waals surface area (Å²) in [6.45, 7) is 12.7. The lowest BCUT2D eigenvalue weighted by molar-refractivity contribution is -0.0564. The highest BCUT2D eigenvalue weighted by Crippen LogP contribution is 2.66. The molecule has 5 heteroatoms. The van der Waals surface area contributed by atoms with E-state index in [0.29, 0.717) is 23.5 Å². The summed E-state index contributed by atoms with van der Waals surface area (Å²) in [6.07, 6.45) is 4.64. The molecule has 1 N–H and O–H groups in total. The fourth-order valence-corrected chi connectivity index (χ4v) is 6.10. The molecule has 1 aromatic rings. The van der Waals surface area contributed by atoms with E-state index in [4.69, 9.17) is 9.47 Å². The number of methoxy groups -OCH3 is 1. The van der Waals surface area contributed by atoms with E-state index in [1.54, 1.807) is 7.11 Å². The molecule has 1 heterocycles. The molecule has 3 aliphatic rings. The summed E-state index contributed by atoms with van der Waals surface area (Å²) in [7, 11) is 1.70. The number of piperazine rings is 1. The van der Waals surface area contributed by atoms with Crippen LogP contribution < -0.4 is 9.64 Å². The van der Waals surface area contributed by atoms with E-state index >= 15 is 0 Å². The zero-order valence-electron chi connectivity index (χ0n) is 19.3. The fourth-order valence-electron chi connectivity index (χ4n) is 6.10. The molecule has 2 aliphatic carbocycles. The minimum Gasteiger partial charge on any atom is -0.497 e. The molecule has 4 atom stereocenters. The van der Waals surface area contributed by atoms with Crippen molar-refractivity contribution in [2.45, 2.75) is 58.7 Å². The van der Waals surface area contributed by atoms with Crippen molar-refractivity contribution in [3.05, 3.63) is 24.3 Å². The molecule has 4 rings (SSSR count). The van der Waals surface area contributed by atoms with Gasteiger partial charge in [0.05, 0.1) is 19.3 Å². The van der Waals surface area contributed by atoms with Crippen LogP contribution in [0.25, 0.3) is 0 Å². The highest BCUT2D eigenvalue weighted by atomic mass is 16.5. The largest absolute Gasteiger partial charge is 0.497 e.